The third-order valence-electron chi connectivity index (χ3n) is 2.42. The van der Waals surface area contributed by atoms with E-state index in [0.29, 0.717) is 6.42 Å². The zero-order valence-corrected chi connectivity index (χ0v) is 13.5. The molecule has 0 aromatic rings. The first-order valence-electron chi connectivity index (χ1n) is 6.36. The van der Waals surface area contributed by atoms with Gasteiger partial charge in [0.25, 0.3) is 0 Å². The number of carbonyl (C=O) groups excluding carboxylic acids is 3. The molecule has 0 amide bonds. The van der Waals surface area contributed by atoms with Gasteiger partial charge in [-0.1, -0.05) is 6.92 Å². The molecule has 0 aliphatic carbocycles. The summed E-state index contributed by atoms with van der Waals surface area (Å²) in [4.78, 5) is 34.2. The van der Waals surface area contributed by atoms with Crippen molar-refractivity contribution < 1.29 is 33.7 Å². The Morgan fingerprint density at radius 2 is 1.62 bits per heavy atom. The van der Waals surface area contributed by atoms with E-state index < -0.39 is 30.1 Å². The van der Waals surface area contributed by atoms with Crippen molar-refractivity contribution in [2.45, 2.75) is 26.1 Å². The van der Waals surface area contributed by atoms with Crippen molar-refractivity contribution in [3.8, 4) is 0 Å². The highest BCUT2D eigenvalue weighted by Crippen LogP contribution is 2.17. The molecule has 0 radical (unpaired) electrons. The van der Waals surface area contributed by atoms with E-state index in [-0.39, 0.29) is 31.1 Å². The van der Waals surface area contributed by atoms with Crippen molar-refractivity contribution >= 4 is 43.2 Å². The molecule has 0 aliphatic rings. The normalized spacial score (nSPS) is 11.9. The average Bonchev–Trinajstić information content (AvgIpc) is 2.49. The monoisotopic (exact) mass is 340 g/mol. The van der Waals surface area contributed by atoms with Gasteiger partial charge in [-0.25, -0.2) is 0 Å². The smallest absolute Gasteiger partial charge is 0.318 e. The van der Waals surface area contributed by atoms with Gasteiger partial charge in [0.15, 0.2) is 0 Å². The maximum atomic E-state index is 11.7. The minimum absolute atomic E-state index is 0.0280. The number of hydrogen-bond donors (Lipinski definition) is 3. The van der Waals surface area contributed by atoms with Gasteiger partial charge < -0.3 is 19.3 Å². The maximum Gasteiger partial charge on any atom is 0.318 e. The Hall–Kier alpha value is -0.930. The Labute approximate surface area is 134 Å². The SMILES string of the molecule is CCC(CC(OC(=O)CS)OC(=O)CS)C(=O)OCCO. The number of hydrogen-bond acceptors (Lipinski definition) is 9. The van der Waals surface area contributed by atoms with E-state index in [4.69, 9.17) is 19.3 Å². The van der Waals surface area contributed by atoms with Crippen LogP contribution in [-0.2, 0) is 28.6 Å². The molecule has 0 saturated heterocycles. The maximum absolute atomic E-state index is 11.7. The van der Waals surface area contributed by atoms with Gasteiger partial charge in [0.05, 0.1) is 24.0 Å². The zero-order chi connectivity index (χ0) is 16.3. The van der Waals surface area contributed by atoms with Crippen LogP contribution < -0.4 is 0 Å². The van der Waals surface area contributed by atoms with E-state index in [0.717, 1.165) is 0 Å². The fraction of sp³-hybridized carbons (Fsp3) is 0.750. The number of carbonyl (C=O) groups is 3. The molecule has 21 heavy (non-hydrogen) atoms. The van der Waals surface area contributed by atoms with Crippen LogP contribution in [0.1, 0.15) is 19.8 Å². The van der Waals surface area contributed by atoms with Crippen molar-refractivity contribution in [3.05, 3.63) is 0 Å². The minimum atomic E-state index is -1.20. The van der Waals surface area contributed by atoms with Gasteiger partial charge in [0.2, 0.25) is 6.29 Å². The Bertz CT molecular complexity index is 330. The quantitative estimate of drug-likeness (QED) is 0.297. The Morgan fingerprint density at radius 3 is 2.00 bits per heavy atom. The fourth-order valence-electron chi connectivity index (χ4n) is 1.41. The van der Waals surface area contributed by atoms with Crippen molar-refractivity contribution in [1.29, 1.82) is 0 Å². The van der Waals surface area contributed by atoms with Gasteiger partial charge in [-0.2, -0.15) is 25.3 Å². The summed E-state index contributed by atoms with van der Waals surface area (Å²) in [6.45, 7) is 1.34. The first-order valence-corrected chi connectivity index (χ1v) is 7.63. The van der Waals surface area contributed by atoms with E-state index in [2.05, 4.69) is 25.3 Å². The highest BCUT2D eigenvalue weighted by molar-refractivity contribution is 7.81. The average molecular weight is 340 g/mol. The standard InChI is InChI=1S/C12H20O7S2/c1-2-8(12(16)17-4-3-13)5-11(18-9(14)6-20)19-10(15)7-21/h8,11,13,20-21H,2-7H2,1H3. The summed E-state index contributed by atoms with van der Waals surface area (Å²) in [5.74, 6) is -2.88. The molecule has 0 aliphatic heterocycles. The molecule has 0 fully saturated rings. The van der Waals surface area contributed by atoms with Crippen LogP contribution in [0.15, 0.2) is 0 Å². The lowest BCUT2D eigenvalue weighted by molar-refractivity contribution is -0.189. The predicted molar refractivity (Wildman–Crippen MR) is 80.1 cm³/mol. The summed E-state index contributed by atoms with van der Waals surface area (Å²) >= 11 is 7.51. The van der Waals surface area contributed by atoms with Crippen LogP contribution >= 0.6 is 25.3 Å². The van der Waals surface area contributed by atoms with Crippen LogP contribution in [0, 0.1) is 5.92 Å². The van der Waals surface area contributed by atoms with Crippen molar-refractivity contribution in [1.82, 2.24) is 0 Å². The molecule has 0 rings (SSSR count). The Kier molecular flexibility index (Phi) is 11.2. The molecule has 1 atom stereocenters. The van der Waals surface area contributed by atoms with Gasteiger partial charge in [-0.05, 0) is 6.42 Å². The summed E-state index contributed by atoms with van der Waals surface area (Å²) in [6.07, 6.45) is -0.826. The first kappa shape index (κ1) is 20.1. The minimum Gasteiger partial charge on any atom is -0.463 e. The number of esters is 3. The summed E-state index contributed by atoms with van der Waals surface area (Å²) in [6, 6.07) is 0. The van der Waals surface area contributed by atoms with Gasteiger partial charge in [0, 0.05) is 6.42 Å². The van der Waals surface area contributed by atoms with E-state index in [1.54, 1.807) is 6.92 Å². The lowest BCUT2D eigenvalue weighted by atomic mass is 10.0. The lowest BCUT2D eigenvalue weighted by Gasteiger charge is -2.21. The van der Waals surface area contributed by atoms with Crippen LogP contribution in [0.25, 0.3) is 0 Å². The first-order chi connectivity index (χ1) is 9.98. The summed E-state index contributed by atoms with van der Waals surface area (Å²) in [5, 5.41) is 8.62. The lowest BCUT2D eigenvalue weighted by Crippen LogP contribution is -2.31. The summed E-state index contributed by atoms with van der Waals surface area (Å²) < 4.78 is 14.6. The highest BCUT2D eigenvalue weighted by Gasteiger charge is 2.27. The molecule has 1 unspecified atom stereocenters. The zero-order valence-electron chi connectivity index (χ0n) is 11.7. The Balaban J connectivity index is 4.68. The van der Waals surface area contributed by atoms with Gasteiger partial charge in [-0.3, -0.25) is 14.4 Å². The van der Waals surface area contributed by atoms with E-state index in [9.17, 15) is 14.4 Å². The van der Waals surface area contributed by atoms with Crippen LogP contribution in [0.3, 0.4) is 0 Å². The van der Waals surface area contributed by atoms with Crippen LogP contribution in [0.2, 0.25) is 0 Å². The fourth-order valence-corrected chi connectivity index (χ4v) is 1.56. The number of aliphatic hydroxyl groups excluding tert-OH is 1. The van der Waals surface area contributed by atoms with Crippen molar-refractivity contribution in [2.75, 3.05) is 24.7 Å². The molecule has 0 heterocycles. The van der Waals surface area contributed by atoms with Gasteiger partial charge in [-0.15, -0.1) is 0 Å². The van der Waals surface area contributed by atoms with Crippen molar-refractivity contribution in [3.63, 3.8) is 0 Å². The molecule has 0 aromatic heterocycles. The largest absolute Gasteiger partial charge is 0.463 e. The molecule has 0 bridgehead atoms. The Morgan fingerprint density at radius 1 is 1.10 bits per heavy atom. The third-order valence-corrected chi connectivity index (χ3v) is 2.94. The molecule has 0 saturated carbocycles. The number of aliphatic hydroxyl groups is 1. The molecular formula is C12H20O7S2. The summed E-state index contributed by atoms with van der Waals surface area (Å²) in [7, 11) is 0. The van der Waals surface area contributed by atoms with Gasteiger partial charge in [0.1, 0.15) is 6.61 Å². The molecule has 7 nitrogen and oxygen atoms in total. The number of thiol groups is 2. The van der Waals surface area contributed by atoms with Crippen molar-refractivity contribution in [2.24, 2.45) is 5.92 Å². The number of ether oxygens (including phenoxy) is 3. The summed E-state index contributed by atoms with van der Waals surface area (Å²) in [5.41, 5.74) is 0. The topological polar surface area (TPSA) is 99.1 Å². The number of rotatable bonds is 10. The molecule has 9 heteroatoms. The van der Waals surface area contributed by atoms with E-state index in [1.807, 2.05) is 0 Å². The highest BCUT2D eigenvalue weighted by atomic mass is 32.1. The second-order valence-electron chi connectivity index (χ2n) is 3.96. The predicted octanol–water partition coefficient (Wildman–Crippen LogP) is 0.210. The van der Waals surface area contributed by atoms with E-state index in [1.165, 1.54) is 0 Å². The van der Waals surface area contributed by atoms with Gasteiger partial charge >= 0.3 is 17.9 Å². The van der Waals surface area contributed by atoms with Crippen LogP contribution in [-0.4, -0.2) is 54.0 Å². The second kappa shape index (κ2) is 11.7. The van der Waals surface area contributed by atoms with Crippen LogP contribution in [0.4, 0.5) is 0 Å². The second-order valence-corrected chi connectivity index (χ2v) is 4.59. The van der Waals surface area contributed by atoms with Crippen LogP contribution in [0.5, 0.6) is 0 Å². The molecule has 0 aromatic carbocycles. The molecule has 1 N–H and O–H groups in total. The molecular weight excluding hydrogens is 320 g/mol. The molecule has 0 spiro atoms. The third kappa shape index (κ3) is 8.84. The molecule has 122 valence electrons. The van der Waals surface area contributed by atoms with E-state index >= 15 is 0 Å².